The zero-order valence-electron chi connectivity index (χ0n) is 21.4. The third kappa shape index (κ3) is 10.8. The molecular weight excluding hydrogens is 568 g/mol. The molecule has 0 heterocycles. The maximum atomic E-state index is 9.10. The van der Waals surface area contributed by atoms with E-state index in [9.17, 15) is 0 Å². The van der Waals surface area contributed by atoms with Crippen molar-refractivity contribution in [1.82, 2.24) is 0 Å². The quantitative estimate of drug-likeness (QED) is 0.238. The van der Waals surface area contributed by atoms with Gasteiger partial charge in [-0.25, -0.2) is 0 Å². The largest absolute Gasteiger partial charge is 0.508 e. The molecule has 1 N–H and O–H groups in total. The zero-order valence-corrected chi connectivity index (χ0v) is 24.0. The average Bonchev–Trinajstić information content (AvgIpc) is 2.86. The van der Waals surface area contributed by atoms with Crippen LogP contribution in [0.1, 0.15) is 22.3 Å². The van der Waals surface area contributed by atoms with Crippen LogP contribution in [0.4, 0.5) is 0 Å². The summed E-state index contributed by atoms with van der Waals surface area (Å²) in [4.78, 5) is 0. The van der Waals surface area contributed by atoms with E-state index in [0.29, 0.717) is 5.75 Å². The van der Waals surface area contributed by atoms with Crippen molar-refractivity contribution in [3.05, 3.63) is 112 Å². The SMILES string of the molecule is COc1ccc(Br)cc1.COc1ccc(Oc2cc(C)ccc2C)cc1.Cc1ccc(C)c(O)c1.[Cu]. The predicted octanol–water partition coefficient (Wildman–Crippen LogP) is 8.57. The van der Waals surface area contributed by atoms with E-state index in [1.807, 2.05) is 87.5 Å². The molecule has 0 aromatic heterocycles. The van der Waals surface area contributed by atoms with Gasteiger partial charge in [0.2, 0.25) is 0 Å². The van der Waals surface area contributed by atoms with Crippen molar-refractivity contribution in [2.45, 2.75) is 27.7 Å². The smallest absolute Gasteiger partial charge is 0.130 e. The van der Waals surface area contributed by atoms with Crippen molar-refractivity contribution in [2.24, 2.45) is 0 Å². The van der Waals surface area contributed by atoms with Crippen molar-refractivity contribution >= 4 is 15.9 Å². The second-order valence-electron chi connectivity index (χ2n) is 7.99. The van der Waals surface area contributed by atoms with Gasteiger partial charge in [-0.1, -0.05) is 40.2 Å². The molecule has 0 aliphatic heterocycles. The number of phenolic OH excluding ortho intramolecular Hbond substituents is 1. The first-order valence-electron chi connectivity index (χ1n) is 11.2. The van der Waals surface area contributed by atoms with Crippen molar-refractivity contribution in [3.8, 4) is 28.7 Å². The molecule has 4 aromatic carbocycles. The number of ether oxygens (including phenoxy) is 3. The molecule has 0 amide bonds. The van der Waals surface area contributed by atoms with Gasteiger partial charge in [0.1, 0.15) is 28.7 Å². The first-order chi connectivity index (χ1) is 16.7. The number of methoxy groups -OCH3 is 2. The van der Waals surface area contributed by atoms with Gasteiger partial charge in [-0.2, -0.15) is 0 Å². The molecule has 4 rings (SSSR count). The molecule has 4 aromatic rings. The zero-order chi connectivity index (χ0) is 25.8. The number of phenols is 1. The molecule has 195 valence electrons. The summed E-state index contributed by atoms with van der Waals surface area (Å²) in [6.07, 6.45) is 0. The molecule has 6 heteroatoms. The summed E-state index contributed by atoms with van der Waals surface area (Å²) in [6.45, 7) is 7.94. The first kappa shape index (κ1) is 31.1. The van der Waals surface area contributed by atoms with Gasteiger partial charge in [0.15, 0.2) is 0 Å². The van der Waals surface area contributed by atoms with E-state index < -0.39 is 0 Å². The molecule has 0 spiro atoms. The molecule has 0 aliphatic rings. The van der Waals surface area contributed by atoms with Crippen LogP contribution in [-0.4, -0.2) is 19.3 Å². The second-order valence-corrected chi connectivity index (χ2v) is 8.91. The van der Waals surface area contributed by atoms with Gasteiger partial charge in [-0.15, -0.1) is 0 Å². The summed E-state index contributed by atoms with van der Waals surface area (Å²) >= 11 is 3.32. The van der Waals surface area contributed by atoms with Crippen molar-refractivity contribution in [2.75, 3.05) is 14.2 Å². The number of rotatable bonds is 4. The summed E-state index contributed by atoms with van der Waals surface area (Å²) in [6, 6.07) is 27.1. The number of aryl methyl sites for hydroxylation is 4. The Morgan fingerprint density at radius 1 is 0.583 bits per heavy atom. The Morgan fingerprint density at radius 3 is 1.50 bits per heavy atom. The topological polar surface area (TPSA) is 47.9 Å². The molecule has 0 saturated heterocycles. The van der Waals surface area contributed by atoms with Crippen LogP contribution in [0, 0.1) is 27.7 Å². The summed E-state index contributed by atoms with van der Waals surface area (Å²) in [5.74, 6) is 3.82. The maximum absolute atomic E-state index is 9.10. The fourth-order valence-electron chi connectivity index (χ4n) is 2.88. The maximum Gasteiger partial charge on any atom is 0.130 e. The van der Waals surface area contributed by atoms with Gasteiger partial charge in [0, 0.05) is 21.5 Å². The monoisotopic (exact) mass is 599 g/mol. The molecular formula is C30H33BrCuO4. The summed E-state index contributed by atoms with van der Waals surface area (Å²) in [5.41, 5.74) is 4.35. The minimum absolute atomic E-state index is 0. The van der Waals surface area contributed by atoms with E-state index in [1.54, 1.807) is 20.3 Å². The van der Waals surface area contributed by atoms with Crippen LogP contribution in [0.2, 0.25) is 0 Å². The molecule has 4 nitrogen and oxygen atoms in total. The van der Waals surface area contributed by atoms with Crippen LogP contribution >= 0.6 is 15.9 Å². The molecule has 0 atom stereocenters. The average molecular weight is 601 g/mol. The summed E-state index contributed by atoms with van der Waals surface area (Å²) in [7, 11) is 3.31. The van der Waals surface area contributed by atoms with Crippen LogP contribution in [0.15, 0.2) is 89.4 Å². The van der Waals surface area contributed by atoms with Crippen molar-refractivity contribution in [3.63, 3.8) is 0 Å². The Morgan fingerprint density at radius 2 is 1.03 bits per heavy atom. The summed E-state index contributed by atoms with van der Waals surface area (Å²) in [5, 5.41) is 9.10. The Balaban J connectivity index is 0.000000291. The Labute approximate surface area is 233 Å². The third-order valence-corrected chi connectivity index (χ3v) is 5.57. The second kappa shape index (κ2) is 15.9. The molecule has 0 unspecified atom stereocenters. The molecule has 0 saturated carbocycles. The number of hydrogen-bond donors (Lipinski definition) is 1. The fraction of sp³-hybridized carbons (Fsp3) is 0.200. The summed E-state index contributed by atoms with van der Waals surface area (Å²) < 4.78 is 17.0. The fourth-order valence-corrected chi connectivity index (χ4v) is 3.14. The minimum atomic E-state index is 0. The Bertz CT molecular complexity index is 1190. The van der Waals surface area contributed by atoms with E-state index >= 15 is 0 Å². The number of benzene rings is 4. The number of hydrogen-bond acceptors (Lipinski definition) is 4. The normalized spacial score (nSPS) is 9.42. The van der Waals surface area contributed by atoms with Gasteiger partial charge in [-0.3, -0.25) is 0 Å². The van der Waals surface area contributed by atoms with Crippen LogP contribution in [0.5, 0.6) is 28.7 Å². The first-order valence-corrected chi connectivity index (χ1v) is 12.0. The Hall–Kier alpha value is -2.92. The third-order valence-electron chi connectivity index (χ3n) is 5.04. The van der Waals surface area contributed by atoms with Crippen LogP contribution in [0.25, 0.3) is 0 Å². The molecule has 0 bridgehead atoms. The standard InChI is InChI=1S/C15H16O2.C8H10O.C7H7BrO.Cu/c1-11-4-5-12(2)15(10-11)17-14-8-6-13(16-3)7-9-14;1-6-3-4-7(2)8(9)5-6;1-9-7-4-2-6(8)3-5-7;/h4-10H,1-3H3;3-5,9H,1-2H3;2-5H,1H3;. The van der Waals surface area contributed by atoms with Gasteiger partial charge < -0.3 is 19.3 Å². The Kier molecular flexibility index (Phi) is 13.8. The molecule has 36 heavy (non-hydrogen) atoms. The minimum Gasteiger partial charge on any atom is -0.508 e. The van der Waals surface area contributed by atoms with E-state index in [0.717, 1.165) is 44.2 Å². The van der Waals surface area contributed by atoms with E-state index in [4.69, 9.17) is 19.3 Å². The van der Waals surface area contributed by atoms with Gasteiger partial charge in [-0.05, 0) is 111 Å². The molecule has 0 aliphatic carbocycles. The number of halogens is 1. The van der Waals surface area contributed by atoms with E-state index in [1.165, 1.54) is 5.56 Å². The van der Waals surface area contributed by atoms with Crippen molar-refractivity contribution in [1.29, 1.82) is 0 Å². The molecule has 1 radical (unpaired) electrons. The van der Waals surface area contributed by atoms with Gasteiger partial charge in [0.25, 0.3) is 0 Å². The van der Waals surface area contributed by atoms with E-state index in [-0.39, 0.29) is 17.1 Å². The van der Waals surface area contributed by atoms with Crippen LogP contribution < -0.4 is 14.2 Å². The predicted molar refractivity (Wildman–Crippen MR) is 147 cm³/mol. The van der Waals surface area contributed by atoms with E-state index in [2.05, 4.69) is 35.0 Å². The van der Waals surface area contributed by atoms with Crippen LogP contribution in [-0.2, 0) is 17.1 Å². The van der Waals surface area contributed by atoms with Crippen molar-refractivity contribution < 1.29 is 36.4 Å². The van der Waals surface area contributed by atoms with Gasteiger partial charge >= 0.3 is 0 Å². The number of aromatic hydroxyl groups is 1. The van der Waals surface area contributed by atoms with Gasteiger partial charge in [0.05, 0.1) is 14.2 Å². The molecule has 0 fully saturated rings. The van der Waals surface area contributed by atoms with Crippen LogP contribution in [0.3, 0.4) is 0 Å².